The minimum atomic E-state index is -3.31. The molecule has 0 bridgehead atoms. The second-order valence-electron chi connectivity index (χ2n) is 4.04. The van der Waals surface area contributed by atoms with Crippen LogP contribution in [0.4, 0.5) is 0 Å². The predicted octanol–water partition coefficient (Wildman–Crippen LogP) is 0.539. The van der Waals surface area contributed by atoms with Crippen molar-refractivity contribution in [1.82, 2.24) is 5.32 Å². The van der Waals surface area contributed by atoms with Gasteiger partial charge in [-0.05, 0) is 25.5 Å². The summed E-state index contributed by atoms with van der Waals surface area (Å²) >= 11 is 1.91. The van der Waals surface area contributed by atoms with E-state index in [0.717, 1.165) is 18.1 Å². The third kappa shape index (κ3) is 5.75. The molecule has 4 nitrogen and oxygen atoms in total. The van der Waals surface area contributed by atoms with Gasteiger partial charge in [0, 0.05) is 17.8 Å². The molecule has 3 N–H and O–H groups in total. The summed E-state index contributed by atoms with van der Waals surface area (Å²) in [5, 5.41) is 8.93. The van der Waals surface area contributed by atoms with Crippen LogP contribution in [0.2, 0.25) is 0 Å². The van der Waals surface area contributed by atoms with E-state index >= 15 is 0 Å². The number of primary sulfonamides is 1. The standard InChI is InChI=1S/C9H20N2O2S2/c1-14-9-4-2-3-8(7-9)11-5-6-15(10,12)13/h8-9,11H,2-7H2,1H3,(H2,10,12,13). The number of hydrogen-bond acceptors (Lipinski definition) is 4. The third-order valence-electron chi connectivity index (χ3n) is 2.78. The first-order valence-corrected chi connectivity index (χ1v) is 8.28. The van der Waals surface area contributed by atoms with E-state index in [-0.39, 0.29) is 5.75 Å². The summed E-state index contributed by atoms with van der Waals surface area (Å²) in [6, 6.07) is 0.470. The van der Waals surface area contributed by atoms with Crippen LogP contribution in [0, 0.1) is 0 Å². The fourth-order valence-corrected chi connectivity index (χ4v) is 3.18. The normalized spacial score (nSPS) is 27.9. The van der Waals surface area contributed by atoms with E-state index in [4.69, 9.17) is 5.14 Å². The van der Waals surface area contributed by atoms with Gasteiger partial charge in [0.25, 0.3) is 0 Å². The van der Waals surface area contributed by atoms with Crippen LogP contribution in [-0.2, 0) is 10.0 Å². The number of thioether (sulfide) groups is 1. The first-order chi connectivity index (χ1) is 7.01. The van der Waals surface area contributed by atoms with Gasteiger partial charge in [0.1, 0.15) is 0 Å². The summed E-state index contributed by atoms with van der Waals surface area (Å²) in [5.41, 5.74) is 0. The zero-order valence-electron chi connectivity index (χ0n) is 9.11. The molecule has 1 rings (SSSR count). The van der Waals surface area contributed by atoms with Gasteiger partial charge >= 0.3 is 0 Å². The number of nitrogens with two attached hydrogens (primary N) is 1. The van der Waals surface area contributed by atoms with Crippen molar-refractivity contribution in [3.63, 3.8) is 0 Å². The van der Waals surface area contributed by atoms with Gasteiger partial charge in [0.2, 0.25) is 10.0 Å². The highest BCUT2D eigenvalue weighted by atomic mass is 32.2. The quantitative estimate of drug-likeness (QED) is 0.749. The maximum Gasteiger partial charge on any atom is 0.210 e. The second-order valence-corrected chi connectivity index (χ2v) is 6.91. The molecule has 0 aromatic heterocycles. The molecule has 1 aliphatic rings. The monoisotopic (exact) mass is 252 g/mol. The average Bonchev–Trinajstić information content (AvgIpc) is 2.16. The minimum absolute atomic E-state index is 0.0352. The molecular weight excluding hydrogens is 232 g/mol. The van der Waals surface area contributed by atoms with Gasteiger partial charge in [-0.2, -0.15) is 11.8 Å². The summed E-state index contributed by atoms with van der Waals surface area (Å²) in [6.07, 6.45) is 6.96. The Kier molecular flexibility index (Phi) is 5.38. The van der Waals surface area contributed by atoms with Gasteiger partial charge in [-0.3, -0.25) is 0 Å². The zero-order chi connectivity index (χ0) is 11.3. The maximum atomic E-state index is 10.7. The SMILES string of the molecule is CSC1CCCC(NCCS(N)(=O)=O)C1. The van der Waals surface area contributed by atoms with E-state index in [9.17, 15) is 8.42 Å². The van der Waals surface area contributed by atoms with Gasteiger partial charge < -0.3 is 5.32 Å². The molecule has 0 spiro atoms. The highest BCUT2D eigenvalue weighted by Crippen LogP contribution is 2.26. The molecule has 15 heavy (non-hydrogen) atoms. The first kappa shape index (κ1) is 13.3. The lowest BCUT2D eigenvalue weighted by Gasteiger charge is -2.28. The van der Waals surface area contributed by atoms with Crippen molar-refractivity contribution in [1.29, 1.82) is 0 Å². The summed E-state index contributed by atoms with van der Waals surface area (Å²) in [5.74, 6) is 0.0352. The molecule has 2 unspecified atom stereocenters. The Labute approximate surface area is 96.4 Å². The van der Waals surface area contributed by atoms with Crippen LogP contribution in [0.25, 0.3) is 0 Å². The van der Waals surface area contributed by atoms with Crippen molar-refractivity contribution in [2.45, 2.75) is 37.0 Å². The Hall–Kier alpha value is 0.220. The largest absolute Gasteiger partial charge is 0.313 e. The van der Waals surface area contributed by atoms with Crippen LogP contribution >= 0.6 is 11.8 Å². The van der Waals surface area contributed by atoms with E-state index in [1.165, 1.54) is 12.8 Å². The van der Waals surface area contributed by atoms with Crippen molar-refractivity contribution in [3.8, 4) is 0 Å². The van der Waals surface area contributed by atoms with Crippen LogP contribution in [0.3, 0.4) is 0 Å². The molecule has 0 saturated heterocycles. The highest BCUT2D eigenvalue weighted by molar-refractivity contribution is 7.99. The Morgan fingerprint density at radius 1 is 1.47 bits per heavy atom. The molecule has 0 aromatic carbocycles. The molecule has 0 aliphatic heterocycles. The molecule has 0 aromatic rings. The lowest BCUT2D eigenvalue weighted by atomic mass is 9.95. The Morgan fingerprint density at radius 3 is 2.80 bits per heavy atom. The topological polar surface area (TPSA) is 72.2 Å². The molecule has 0 amide bonds. The number of rotatable bonds is 5. The summed E-state index contributed by atoms with van der Waals surface area (Å²) in [4.78, 5) is 0. The van der Waals surface area contributed by atoms with E-state index < -0.39 is 10.0 Å². The van der Waals surface area contributed by atoms with Crippen molar-refractivity contribution < 1.29 is 8.42 Å². The van der Waals surface area contributed by atoms with Gasteiger partial charge in [-0.15, -0.1) is 0 Å². The first-order valence-electron chi connectivity index (χ1n) is 5.28. The Balaban J connectivity index is 2.21. The molecule has 90 valence electrons. The van der Waals surface area contributed by atoms with E-state index in [1.54, 1.807) is 0 Å². The Bertz CT molecular complexity index is 280. The predicted molar refractivity (Wildman–Crippen MR) is 65.5 cm³/mol. The van der Waals surface area contributed by atoms with Crippen LogP contribution in [-0.4, -0.2) is 38.3 Å². The van der Waals surface area contributed by atoms with Crippen molar-refractivity contribution in [2.24, 2.45) is 5.14 Å². The fourth-order valence-electron chi connectivity index (χ4n) is 1.95. The number of nitrogens with one attached hydrogen (secondary N) is 1. The van der Waals surface area contributed by atoms with Gasteiger partial charge in [0.05, 0.1) is 5.75 Å². The van der Waals surface area contributed by atoms with Crippen molar-refractivity contribution >= 4 is 21.8 Å². The van der Waals surface area contributed by atoms with Crippen LogP contribution < -0.4 is 10.5 Å². The average molecular weight is 252 g/mol. The van der Waals surface area contributed by atoms with Gasteiger partial charge in [-0.1, -0.05) is 6.42 Å². The lowest BCUT2D eigenvalue weighted by molar-refractivity contribution is 0.388. The molecule has 2 atom stereocenters. The smallest absolute Gasteiger partial charge is 0.210 e. The van der Waals surface area contributed by atoms with E-state index in [0.29, 0.717) is 12.6 Å². The number of hydrogen-bond donors (Lipinski definition) is 2. The molecular formula is C9H20N2O2S2. The molecule has 1 fully saturated rings. The summed E-state index contributed by atoms with van der Waals surface area (Å²) in [7, 11) is -3.31. The Morgan fingerprint density at radius 2 is 2.20 bits per heavy atom. The highest BCUT2D eigenvalue weighted by Gasteiger charge is 2.20. The van der Waals surface area contributed by atoms with Crippen molar-refractivity contribution in [2.75, 3.05) is 18.6 Å². The van der Waals surface area contributed by atoms with Crippen LogP contribution in [0.1, 0.15) is 25.7 Å². The van der Waals surface area contributed by atoms with Crippen LogP contribution in [0.15, 0.2) is 0 Å². The minimum Gasteiger partial charge on any atom is -0.313 e. The molecule has 1 aliphatic carbocycles. The maximum absolute atomic E-state index is 10.7. The van der Waals surface area contributed by atoms with E-state index in [2.05, 4.69) is 11.6 Å². The molecule has 6 heteroatoms. The third-order valence-corrected chi connectivity index (χ3v) is 4.65. The zero-order valence-corrected chi connectivity index (χ0v) is 10.7. The number of sulfonamides is 1. The van der Waals surface area contributed by atoms with Crippen molar-refractivity contribution in [3.05, 3.63) is 0 Å². The second kappa shape index (κ2) is 6.08. The lowest BCUT2D eigenvalue weighted by Crippen LogP contribution is -2.38. The summed E-state index contributed by atoms with van der Waals surface area (Å²) in [6.45, 7) is 0.477. The molecule has 0 heterocycles. The van der Waals surface area contributed by atoms with Crippen LogP contribution in [0.5, 0.6) is 0 Å². The van der Waals surface area contributed by atoms with Gasteiger partial charge in [-0.25, -0.2) is 13.6 Å². The summed E-state index contributed by atoms with van der Waals surface area (Å²) < 4.78 is 21.5. The molecule has 1 saturated carbocycles. The van der Waals surface area contributed by atoms with E-state index in [1.807, 2.05) is 11.8 Å². The molecule has 0 radical (unpaired) electrons. The fraction of sp³-hybridized carbons (Fsp3) is 1.00. The van der Waals surface area contributed by atoms with Gasteiger partial charge in [0.15, 0.2) is 0 Å².